The summed E-state index contributed by atoms with van der Waals surface area (Å²) < 4.78 is -0.498. The third kappa shape index (κ3) is 1.87. The normalized spacial score (nSPS) is 25.2. The average Bonchev–Trinajstić information content (AvgIpc) is 2.44. The van der Waals surface area contributed by atoms with Crippen molar-refractivity contribution in [3.8, 4) is 0 Å². The second kappa shape index (κ2) is 3.98. The Kier molecular flexibility index (Phi) is 2.80. The van der Waals surface area contributed by atoms with Crippen molar-refractivity contribution in [2.75, 3.05) is 0 Å². The van der Waals surface area contributed by atoms with Crippen LogP contribution in [0.15, 0.2) is 41.7 Å². The summed E-state index contributed by atoms with van der Waals surface area (Å²) in [6, 6.07) is 9.91. The number of hydrogen-bond donors (Lipinski definition) is 1. The lowest BCUT2D eigenvalue weighted by Crippen LogP contribution is -2.23. The lowest BCUT2D eigenvalue weighted by molar-refractivity contribution is -0.107. The van der Waals surface area contributed by atoms with Crippen LogP contribution in [0, 0.1) is 0 Å². The van der Waals surface area contributed by atoms with E-state index in [1.54, 1.807) is 6.92 Å². The molecule has 0 amide bonds. The third-order valence-corrected chi connectivity index (χ3v) is 4.14. The van der Waals surface area contributed by atoms with Gasteiger partial charge in [0.2, 0.25) is 5.12 Å². The molecule has 0 radical (unpaired) electrons. The fourth-order valence-corrected chi connectivity index (χ4v) is 3.08. The van der Waals surface area contributed by atoms with Crippen LogP contribution in [-0.2, 0) is 11.2 Å². The third-order valence-electron chi connectivity index (χ3n) is 2.86. The maximum Gasteiger partial charge on any atom is 0.219 e. The van der Waals surface area contributed by atoms with Gasteiger partial charge in [0.15, 0.2) is 0 Å². The van der Waals surface area contributed by atoms with Gasteiger partial charge < -0.3 is 5.11 Å². The number of carbonyl (C=O) groups is 1. The lowest BCUT2D eigenvalue weighted by Gasteiger charge is -2.22. The molecule has 1 N–H and O–H groups in total. The number of thioether (sulfide) groups is 1. The molecule has 2 rings (SSSR count). The van der Waals surface area contributed by atoms with Gasteiger partial charge in [0.25, 0.3) is 0 Å². The topological polar surface area (TPSA) is 37.3 Å². The first-order chi connectivity index (χ1) is 7.53. The predicted octanol–water partition coefficient (Wildman–Crippen LogP) is 3.09. The molecule has 1 atom stereocenters. The fourth-order valence-electron chi connectivity index (χ4n) is 1.93. The number of benzene rings is 1. The fraction of sp³-hybridized carbons (Fsp3) is 0.308. The van der Waals surface area contributed by atoms with Crippen molar-refractivity contribution in [1.29, 1.82) is 0 Å². The van der Waals surface area contributed by atoms with E-state index in [-0.39, 0.29) is 10.9 Å². The molecule has 16 heavy (non-hydrogen) atoms. The molecule has 0 saturated heterocycles. The van der Waals surface area contributed by atoms with Crippen molar-refractivity contribution in [2.24, 2.45) is 0 Å². The molecule has 1 unspecified atom stereocenters. The zero-order valence-corrected chi connectivity index (χ0v) is 10.2. The van der Waals surface area contributed by atoms with E-state index < -0.39 is 4.75 Å². The molecule has 0 spiro atoms. The highest BCUT2D eigenvalue weighted by Crippen LogP contribution is 2.44. The van der Waals surface area contributed by atoms with Gasteiger partial charge in [0.05, 0.1) is 4.75 Å². The minimum Gasteiger partial charge on any atom is -0.510 e. The predicted molar refractivity (Wildman–Crippen MR) is 66.5 cm³/mol. The number of carbonyl (C=O) groups excluding carboxylic acids is 1. The highest BCUT2D eigenvalue weighted by molar-refractivity contribution is 8.15. The molecule has 0 aromatic heterocycles. The highest BCUT2D eigenvalue weighted by Gasteiger charge is 2.41. The number of rotatable bonds is 2. The van der Waals surface area contributed by atoms with Crippen molar-refractivity contribution >= 4 is 16.9 Å². The molecule has 0 aliphatic carbocycles. The molecule has 0 fully saturated rings. The van der Waals surface area contributed by atoms with Crippen molar-refractivity contribution in [1.82, 2.24) is 0 Å². The van der Waals surface area contributed by atoms with Crippen molar-refractivity contribution in [2.45, 2.75) is 25.0 Å². The molecule has 1 aromatic carbocycles. The van der Waals surface area contributed by atoms with E-state index in [0.29, 0.717) is 12.0 Å². The minimum atomic E-state index is -0.498. The minimum absolute atomic E-state index is 0.0177. The summed E-state index contributed by atoms with van der Waals surface area (Å²) >= 11 is 1.22. The van der Waals surface area contributed by atoms with E-state index in [4.69, 9.17) is 0 Å². The standard InChI is InChI=1S/C13H14O2S/c1-9-11(14)13(2,16-12(9)15)8-10-6-4-3-5-7-10/h3-7,14H,8H2,1-2H3. The van der Waals surface area contributed by atoms with Crippen LogP contribution in [0.1, 0.15) is 19.4 Å². The van der Waals surface area contributed by atoms with Crippen LogP contribution >= 0.6 is 11.8 Å². The van der Waals surface area contributed by atoms with Crippen LogP contribution in [0.3, 0.4) is 0 Å². The van der Waals surface area contributed by atoms with Gasteiger partial charge in [-0.1, -0.05) is 42.1 Å². The quantitative estimate of drug-likeness (QED) is 0.854. The summed E-state index contributed by atoms with van der Waals surface area (Å²) in [4.78, 5) is 11.5. The molecule has 1 aliphatic rings. The smallest absolute Gasteiger partial charge is 0.219 e. The molecule has 0 bridgehead atoms. The second-order valence-electron chi connectivity index (χ2n) is 4.26. The summed E-state index contributed by atoms with van der Waals surface area (Å²) in [5.41, 5.74) is 1.62. The molecule has 1 aromatic rings. The van der Waals surface area contributed by atoms with Crippen LogP contribution in [0.25, 0.3) is 0 Å². The molecule has 84 valence electrons. The average molecular weight is 234 g/mol. The van der Waals surface area contributed by atoms with Crippen LogP contribution in [-0.4, -0.2) is 15.0 Å². The summed E-state index contributed by atoms with van der Waals surface area (Å²) in [5.74, 6) is 0.228. The van der Waals surface area contributed by atoms with E-state index in [9.17, 15) is 9.90 Å². The van der Waals surface area contributed by atoms with E-state index in [1.807, 2.05) is 37.3 Å². The molecular formula is C13H14O2S. The largest absolute Gasteiger partial charge is 0.510 e. The Hall–Kier alpha value is -1.22. The van der Waals surface area contributed by atoms with E-state index in [0.717, 1.165) is 5.56 Å². The van der Waals surface area contributed by atoms with Crippen LogP contribution in [0.2, 0.25) is 0 Å². The summed E-state index contributed by atoms with van der Waals surface area (Å²) in [5, 5.41) is 9.97. The second-order valence-corrected chi connectivity index (χ2v) is 5.73. The molecule has 1 aliphatic heterocycles. The van der Waals surface area contributed by atoms with E-state index in [2.05, 4.69) is 0 Å². The van der Waals surface area contributed by atoms with Gasteiger partial charge >= 0.3 is 0 Å². The van der Waals surface area contributed by atoms with Gasteiger partial charge in [-0.3, -0.25) is 4.79 Å². The summed E-state index contributed by atoms with van der Waals surface area (Å²) in [6.07, 6.45) is 0.674. The Morgan fingerprint density at radius 3 is 2.44 bits per heavy atom. The lowest BCUT2D eigenvalue weighted by atomic mass is 9.96. The van der Waals surface area contributed by atoms with Crippen molar-refractivity contribution in [3.05, 3.63) is 47.2 Å². The molecule has 1 heterocycles. The van der Waals surface area contributed by atoms with Crippen LogP contribution in [0.4, 0.5) is 0 Å². The molecule has 0 saturated carbocycles. The Morgan fingerprint density at radius 2 is 1.94 bits per heavy atom. The van der Waals surface area contributed by atoms with Gasteiger partial charge in [0.1, 0.15) is 5.76 Å². The van der Waals surface area contributed by atoms with Gasteiger partial charge in [-0.15, -0.1) is 0 Å². The molecular weight excluding hydrogens is 220 g/mol. The Bertz CT molecular complexity index is 450. The number of aliphatic hydroxyl groups excluding tert-OH is 1. The van der Waals surface area contributed by atoms with Gasteiger partial charge in [-0.2, -0.15) is 0 Å². The zero-order valence-electron chi connectivity index (χ0n) is 9.36. The zero-order chi connectivity index (χ0) is 11.8. The Balaban J connectivity index is 2.26. The Morgan fingerprint density at radius 1 is 1.31 bits per heavy atom. The highest BCUT2D eigenvalue weighted by atomic mass is 32.2. The van der Waals surface area contributed by atoms with Gasteiger partial charge in [-0.05, 0) is 25.8 Å². The first-order valence-electron chi connectivity index (χ1n) is 5.20. The summed E-state index contributed by atoms with van der Waals surface area (Å²) in [6.45, 7) is 3.59. The van der Waals surface area contributed by atoms with Gasteiger partial charge in [0, 0.05) is 5.57 Å². The summed E-state index contributed by atoms with van der Waals surface area (Å²) in [7, 11) is 0. The van der Waals surface area contributed by atoms with Crippen molar-refractivity contribution in [3.63, 3.8) is 0 Å². The number of hydrogen-bond acceptors (Lipinski definition) is 3. The maximum absolute atomic E-state index is 11.5. The SMILES string of the molecule is CC1=C(O)C(C)(Cc2ccccc2)SC1=O. The maximum atomic E-state index is 11.5. The molecule has 2 nitrogen and oxygen atoms in total. The van der Waals surface area contributed by atoms with Crippen LogP contribution in [0.5, 0.6) is 0 Å². The first kappa shape index (κ1) is 11.3. The number of aliphatic hydroxyl groups is 1. The monoisotopic (exact) mass is 234 g/mol. The first-order valence-corrected chi connectivity index (χ1v) is 6.02. The van der Waals surface area contributed by atoms with E-state index in [1.165, 1.54) is 11.8 Å². The van der Waals surface area contributed by atoms with Crippen LogP contribution < -0.4 is 0 Å². The van der Waals surface area contributed by atoms with Crippen molar-refractivity contribution < 1.29 is 9.90 Å². The Labute approximate surface area is 99.4 Å². The van der Waals surface area contributed by atoms with Gasteiger partial charge in [-0.25, -0.2) is 0 Å². The molecule has 3 heteroatoms. The van der Waals surface area contributed by atoms with E-state index >= 15 is 0 Å².